The molecule has 0 saturated carbocycles. The maximum atomic E-state index is 12.1. The molecule has 0 aliphatic heterocycles. The van der Waals surface area contributed by atoms with E-state index in [9.17, 15) is 14.9 Å². The Kier molecular flexibility index (Phi) is 6.11. The summed E-state index contributed by atoms with van der Waals surface area (Å²) >= 11 is 5.91. The summed E-state index contributed by atoms with van der Waals surface area (Å²) in [5.74, 6) is -0.444. The number of nitro groups is 1. The van der Waals surface area contributed by atoms with Crippen LogP contribution in [0.25, 0.3) is 0 Å². The van der Waals surface area contributed by atoms with Gasteiger partial charge in [0.1, 0.15) is 0 Å². The van der Waals surface area contributed by atoms with E-state index < -0.39 is 10.8 Å². The quantitative estimate of drug-likeness (QED) is 0.598. The zero-order valence-electron chi connectivity index (χ0n) is 12.1. The van der Waals surface area contributed by atoms with Gasteiger partial charge >= 0.3 is 0 Å². The van der Waals surface area contributed by atoms with Crippen LogP contribution in [0.1, 0.15) is 37.0 Å². The fraction of sp³-hybridized carbons (Fsp3) is 0.500. The van der Waals surface area contributed by atoms with E-state index in [2.05, 4.69) is 5.32 Å². The highest BCUT2D eigenvalue weighted by Gasteiger charge is 2.21. The Labute approximate surface area is 128 Å². The first-order valence-electron chi connectivity index (χ1n) is 6.60. The van der Waals surface area contributed by atoms with Gasteiger partial charge in [-0.15, -0.1) is 0 Å². The average Bonchev–Trinajstić information content (AvgIpc) is 2.43. The summed E-state index contributed by atoms with van der Waals surface area (Å²) in [6, 6.07) is 3.76. The Hall–Kier alpha value is -1.66. The number of aliphatic hydroxyl groups excluding tert-OH is 1. The van der Waals surface area contributed by atoms with Crippen molar-refractivity contribution in [3.8, 4) is 0 Å². The second-order valence-corrected chi connectivity index (χ2v) is 6.00. The molecule has 0 fully saturated rings. The van der Waals surface area contributed by atoms with Crippen LogP contribution >= 0.6 is 11.6 Å². The number of nitrogens with zero attached hydrogens (tertiary/aromatic N) is 1. The van der Waals surface area contributed by atoms with Crippen molar-refractivity contribution in [1.82, 2.24) is 5.32 Å². The molecule has 0 spiro atoms. The van der Waals surface area contributed by atoms with Gasteiger partial charge in [0.15, 0.2) is 0 Å². The van der Waals surface area contributed by atoms with Crippen molar-refractivity contribution in [1.29, 1.82) is 0 Å². The lowest BCUT2D eigenvalue weighted by Crippen LogP contribution is -2.34. The van der Waals surface area contributed by atoms with E-state index in [1.54, 1.807) is 0 Å². The van der Waals surface area contributed by atoms with Gasteiger partial charge in [0.25, 0.3) is 11.6 Å². The lowest BCUT2D eigenvalue weighted by atomic mass is 9.88. The number of hydrogen-bond acceptors (Lipinski definition) is 4. The molecular weight excluding hydrogens is 296 g/mol. The smallest absolute Gasteiger partial charge is 0.270 e. The maximum absolute atomic E-state index is 12.1. The van der Waals surface area contributed by atoms with Gasteiger partial charge in [0, 0.05) is 25.3 Å². The minimum atomic E-state index is -0.571. The van der Waals surface area contributed by atoms with E-state index >= 15 is 0 Å². The Morgan fingerprint density at radius 3 is 2.71 bits per heavy atom. The van der Waals surface area contributed by atoms with E-state index in [-0.39, 0.29) is 28.3 Å². The number of benzene rings is 1. The van der Waals surface area contributed by atoms with Crippen molar-refractivity contribution in [3.05, 3.63) is 38.9 Å². The molecule has 0 aliphatic rings. The number of carbonyl (C=O) groups excluding carboxylic acids is 1. The van der Waals surface area contributed by atoms with E-state index in [0.29, 0.717) is 13.0 Å². The number of halogens is 1. The molecule has 1 aromatic rings. The lowest BCUT2D eigenvalue weighted by molar-refractivity contribution is -0.384. The van der Waals surface area contributed by atoms with E-state index in [1.807, 2.05) is 13.8 Å². The van der Waals surface area contributed by atoms with Crippen molar-refractivity contribution in [2.24, 2.45) is 5.41 Å². The normalized spacial score (nSPS) is 11.2. The number of carbonyl (C=O) groups is 1. The molecule has 6 nitrogen and oxygen atoms in total. The minimum absolute atomic E-state index is 0.0869. The Bertz CT molecular complexity index is 532. The molecule has 21 heavy (non-hydrogen) atoms. The van der Waals surface area contributed by atoms with Crippen LogP contribution in [0.5, 0.6) is 0 Å². The molecule has 0 unspecified atom stereocenters. The van der Waals surface area contributed by atoms with Crippen molar-refractivity contribution >= 4 is 23.2 Å². The molecule has 0 bridgehead atoms. The minimum Gasteiger partial charge on any atom is -0.396 e. The molecule has 0 saturated heterocycles. The average molecular weight is 315 g/mol. The Morgan fingerprint density at radius 2 is 2.14 bits per heavy atom. The second kappa shape index (κ2) is 7.38. The van der Waals surface area contributed by atoms with Gasteiger partial charge in [0.2, 0.25) is 0 Å². The highest BCUT2D eigenvalue weighted by Crippen LogP contribution is 2.24. The first kappa shape index (κ1) is 17.4. The zero-order valence-corrected chi connectivity index (χ0v) is 12.8. The van der Waals surface area contributed by atoms with Crippen molar-refractivity contribution in [2.45, 2.75) is 26.7 Å². The number of nitrogens with one attached hydrogen (secondary N) is 1. The topological polar surface area (TPSA) is 92.5 Å². The molecule has 1 rings (SSSR count). The van der Waals surface area contributed by atoms with Crippen molar-refractivity contribution in [3.63, 3.8) is 0 Å². The highest BCUT2D eigenvalue weighted by molar-refractivity contribution is 6.33. The molecule has 0 atom stereocenters. The summed E-state index contributed by atoms with van der Waals surface area (Å²) in [4.78, 5) is 22.3. The zero-order chi connectivity index (χ0) is 16.0. The monoisotopic (exact) mass is 314 g/mol. The van der Waals surface area contributed by atoms with Crippen LogP contribution in [0.2, 0.25) is 5.02 Å². The fourth-order valence-corrected chi connectivity index (χ4v) is 2.06. The number of nitro benzene ring substituents is 1. The van der Waals surface area contributed by atoms with Crippen LogP contribution in [0.3, 0.4) is 0 Å². The van der Waals surface area contributed by atoms with Gasteiger partial charge < -0.3 is 10.4 Å². The molecule has 1 amide bonds. The van der Waals surface area contributed by atoms with Crippen LogP contribution in [0.15, 0.2) is 18.2 Å². The number of aliphatic hydroxyl groups is 1. The third-order valence-corrected chi connectivity index (χ3v) is 3.47. The first-order chi connectivity index (χ1) is 9.76. The molecular formula is C14H19ClN2O4. The molecule has 0 radical (unpaired) electrons. The van der Waals surface area contributed by atoms with Gasteiger partial charge in [-0.05, 0) is 24.3 Å². The predicted octanol–water partition coefficient (Wildman–Crippen LogP) is 2.78. The summed E-state index contributed by atoms with van der Waals surface area (Å²) in [5.41, 5.74) is -0.265. The third kappa shape index (κ3) is 5.32. The predicted molar refractivity (Wildman–Crippen MR) is 80.5 cm³/mol. The summed E-state index contributed by atoms with van der Waals surface area (Å²) in [6.45, 7) is 4.44. The molecule has 1 aromatic carbocycles. The lowest BCUT2D eigenvalue weighted by Gasteiger charge is -2.24. The largest absolute Gasteiger partial charge is 0.396 e. The highest BCUT2D eigenvalue weighted by atomic mass is 35.5. The summed E-state index contributed by atoms with van der Waals surface area (Å²) in [7, 11) is 0. The van der Waals surface area contributed by atoms with Crippen LogP contribution in [-0.4, -0.2) is 29.1 Å². The van der Waals surface area contributed by atoms with Gasteiger partial charge in [-0.1, -0.05) is 25.4 Å². The van der Waals surface area contributed by atoms with Crippen molar-refractivity contribution < 1.29 is 14.8 Å². The molecule has 0 aliphatic carbocycles. The second-order valence-electron chi connectivity index (χ2n) is 5.60. The van der Waals surface area contributed by atoms with Gasteiger partial charge in [-0.2, -0.15) is 0 Å². The van der Waals surface area contributed by atoms with E-state index in [0.717, 1.165) is 6.42 Å². The fourth-order valence-electron chi connectivity index (χ4n) is 1.86. The number of amides is 1. The Morgan fingerprint density at radius 1 is 1.48 bits per heavy atom. The Balaban J connectivity index is 2.76. The van der Waals surface area contributed by atoms with E-state index in [4.69, 9.17) is 16.7 Å². The molecule has 0 aromatic heterocycles. The molecule has 0 heterocycles. The van der Waals surface area contributed by atoms with E-state index in [1.165, 1.54) is 18.2 Å². The number of hydrogen-bond donors (Lipinski definition) is 2. The van der Waals surface area contributed by atoms with Crippen LogP contribution in [0, 0.1) is 15.5 Å². The summed E-state index contributed by atoms with van der Waals surface area (Å²) in [5, 5.41) is 22.5. The molecule has 2 N–H and O–H groups in total. The van der Waals surface area contributed by atoms with Gasteiger partial charge in [-0.3, -0.25) is 14.9 Å². The number of non-ortho nitro benzene ring substituents is 1. The number of rotatable bonds is 7. The third-order valence-electron chi connectivity index (χ3n) is 3.14. The molecule has 116 valence electrons. The molecule has 7 heteroatoms. The standard InChI is InChI=1S/C14H19ClN2O4/c1-14(2,6-3-7-18)9-16-13(19)11-8-10(17(20)21)4-5-12(11)15/h4-5,8,18H,3,6-7,9H2,1-2H3,(H,16,19). The van der Waals surface area contributed by atoms with Crippen LogP contribution < -0.4 is 5.32 Å². The summed E-state index contributed by atoms with van der Waals surface area (Å²) < 4.78 is 0. The van der Waals surface area contributed by atoms with Crippen molar-refractivity contribution in [2.75, 3.05) is 13.2 Å². The van der Waals surface area contributed by atoms with Gasteiger partial charge in [-0.25, -0.2) is 0 Å². The van der Waals surface area contributed by atoms with Gasteiger partial charge in [0.05, 0.1) is 15.5 Å². The summed E-state index contributed by atoms with van der Waals surface area (Å²) in [6.07, 6.45) is 1.41. The maximum Gasteiger partial charge on any atom is 0.270 e. The van der Waals surface area contributed by atoms with Crippen LogP contribution in [-0.2, 0) is 0 Å². The SMILES string of the molecule is CC(C)(CCCO)CNC(=O)c1cc([N+](=O)[O-])ccc1Cl. The van der Waals surface area contributed by atoms with Crippen LogP contribution in [0.4, 0.5) is 5.69 Å². The first-order valence-corrected chi connectivity index (χ1v) is 6.97.